The van der Waals surface area contributed by atoms with Crippen LogP contribution < -0.4 is 9.47 Å². The number of aromatic nitrogens is 1. The smallest absolute Gasteiger partial charge is 0.195 e. The fourth-order valence-corrected chi connectivity index (χ4v) is 4.02. The first kappa shape index (κ1) is 20.5. The molecule has 5 heteroatoms. The van der Waals surface area contributed by atoms with Crippen molar-refractivity contribution in [3.8, 4) is 11.5 Å². The minimum absolute atomic E-state index is 0.0148. The summed E-state index contributed by atoms with van der Waals surface area (Å²) in [6.07, 6.45) is 5.06. The predicted octanol–water partition coefficient (Wildman–Crippen LogP) is 5.10. The molecule has 4 rings (SSSR count). The molecule has 30 heavy (non-hydrogen) atoms. The van der Waals surface area contributed by atoms with Crippen LogP contribution in [0.1, 0.15) is 42.1 Å². The average molecular weight is 408 g/mol. The van der Waals surface area contributed by atoms with E-state index in [2.05, 4.69) is 17.6 Å². The average Bonchev–Trinajstić information content (AvgIpc) is 3.15. The maximum atomic E-state index is 13.4. The Morgan fingerprint density at radius 1 is 1.10 bits per heavy atom. The third kappa shape index (κ3) is 4.36. The molecule has 0 spiro atoms. The summed E-state index contributed by atoms with van der Waals surface area (Å²) in [5.74, 6) is 2.12. The summed E-state index contributed by atoms with van der Waals surface area (Å²) in [7, 11) is 1.62. The molecular weight excluding hydrogens is 378 g/mol. The summed E-state index contributed by atoms with van der Waals surface area (Å²) < 4.78 is 18.8. The van der Waals surface area contributed by atoms with Crippen LogP contribution in [0.3, 0.4) is 0 Å². The summed E-state index contributed by atoms with van der Waals surface area (Å²) >= 11 is 0. The normalized spacial score (nSPS) is 14.7. The maximum Gasteiger partial charge on any atom is 0.195 e. The Balaban J connectivity index is 1.72. The molecule has 2 aromatic carbocycles. The molecule has 0 atom stereocenters. The van der Waals surface area contributed by atoms with E-state index in [0.29, 0.717) is 23.7 Å². The Kier molecular flexibility index (Phi) is 6.38. The number of methoxy groups -OCH3 is 1. The van der Waals surface area contributed by atoms with E-state index < -0.39 is 0 Å². The lowest BCUT2D eigenvalue weighted by Gasteiger charge is -2.22. The van der Waals surface area contributed by atoms with Crippen LogP contribution in [0, 0.1) is 5.92 Å². The second-order valence-corrected chi connectivity index (χ2v) is 7.84. The lowest BCUT2D eigenvalue weighted by molar-refractivity contribution is 0.0616. The van der Waals surface area contributed by atoms with E-state index in [1.165, 1.54) is 0 Å². The van der Waals surface area contributed by atoms with Gasteiger partial charge in [0.1, 0.15) is 11.5 Å². The molecule has 0 amide bonds. The van der Waals surface area contributed by atoms with Crippen LogP contribution in [0.15, 0.2) is 48.7 Å². The molecule has 0 unspecified atom stereocenters. The standard InChI is InChI=1S/C25H29NO4/c1-3-12-30-21-8-9-24-22(15-21)23(17-26(24)16-18-10-13-29-14-11-18)25(27)19-4-6-20(28-2)7-5-19/h4-9,15,17-18H,3,10-14,16H2,1-2H3. The molecule has 3 aromatic rings. The van der Waals surface area contributed by atoms with Gasteiger partial charge in [-0.2, -0.15) is 0 Å². The first-order valence-corrected chi connectivity index (χ1v) is 10.7. The molecule has 0 bridgehead atoms. The topological polar surface area (TPSA) is 49.7 Å². The van der Waals surface area contributed by atoms with Crippen molar-refractivity contribution < 1.29 is 19.0 Å². The molecule has 1 aliphatic heterocycles. The second kappa shape index (κ2) is 9.35. The molecule has 1 saturated heterocycles. The molecule has 0 N–H and O–H groups in total. The molecule has 1 fully saturated rings. The van der Waals surface area contributed by atoms with E-state index in [-0.39, 0.29) is 5.78 Å². The molecule has 5 nitrogen and oxygen atoms in total. The quantitative estimate of drug-likeness (QED) is 0.488. The highest BCUT2D eigenvalue weighted by Gasteiger charge is 2.21. The first-order valence-electron chi connectivity index (χ1n) is 10.7. The minimum atomic E-state index is 0.0148. The van der Waals surface area contributed by atoms with E-state index in [1.807, 2.05) is 42.6 Å². The van der Waals surface area contributed by atoms with Crippen LogP contribution >= 0.6 is 0 Å². The van der Waals surface area contributed by atoms with Crippen molar-refractivity contribution in [3.05, 3.63) is 59.8 Å². The van der Waals surface area contributed by atoms with Gasteiger partial charge in [0.05, 0.1) is 13.7 Å². The second-order valence-electron chi connectivity index (χ2n) is 7.84. The van der Waals surface area contributed by atoms with Gasteiger partial charge in [0.2, 0.25) is 0 Å². The number of carbonyl (C=O) groups is 1. The Morgan fingerprint density at radius 2 is 1.83 bits per heavy atom. The summed E-state index contributed by atoms with van der Waals surface area (Å²) in [5, 5.41) is 0.941. The number of rotatable bonds is 8. The van der Waals surface area contributed by atoms with Crippen molar-refractivity contribution in [1.29, 1.82) is 0 Å². The van der Waals surface area contributed by atoms with Crippen LogP contribution in [0.2, 0.25) is 0 Å². The van der Waals surface area contributed by atoms with E-state index >= 15 is 0 Å². The Morgan fingerprint density at radius 3 is 2.53 bits per heavy atom. The van der Waals surface area contributed by atoms with Gasteiger partial charge in [-0.05, 0) is 67.6 Å². The van der Waals surface area contributed by atoms with Crippen LogP contribution in [0.4, 0.5) is 0 Å². The summed E-state index contributed by atoms with van der Waals surface area (Å²) in [6, 6.07) is 13.4. The van der Waals surface area contributed by atoms with Crippen LogP contribution in [0.5, 0.6) is 11.5 Å². The summed E-state index contributed by atoms with van der Waals surface area (Å²) in [4.78, 5) is 13.4. The molecule has 0 radical (unpaired) electrons. The van der Waals surface area contributed by atoms with Crippen LogP contribution in [0.25, 0.3) is 10.9 Å². The number of hydrogen-bond donors (Lipinski definition) is 0. The number of fused-ring (bicyclic) bond motifs is 1. The summed E-state index contributed by atoms with van der Waals surface area (Å²) in [5.41, 5.74) is 2.44. The van der Waals surface area contributed by atoms with Crippen molar-refractivity contribution in [2.24, 2.45) is 5.92 Å². The van der Waals surface area contributed by atoms with Gasteiger partial charge < -0.3 is 18.8 Å². The number of nitrogens with zero attached hydrogens (tertiary/aromatic N) is 1. The molecule has 0 saturated carbocycles. The van der Waals surface area contributed by atoms with Gasteiger partial charge in [-0.3, -0.25) is 4.79 Å². The van der Waals surface area contributed by atoms with Gasteiger partial charge >= 0.3 is 0 Å². The highest BCUT2D eigenvalue weighted by atomic mass is 16.5. The Labute approximate surface area is 177 Å². The van der Waals surface area contributed by atoms with E-state index in [9.17, 15) is 4.79 Å². The highest BCUT2D eigenvalue weighted by Crippen LogP contribution is 2.30. The number of ketones is 1. The van der Waals surface area contributed by atoms with Crippen LogP contribution in [-0.2, 0) is 11.3 Å². The van der Waals surface area contributed by atoms with Gasteiger partial charge in [0.25, 0.3) is 0 Å². The van der Waals surface area contributed by atoms with Crippen molar-refractivity contribution in [2.75, 3.05) is 26.9 Å². The highest BCUT2D eigenvalue weighted by molar-refractivity contribution is 6.16. The predicted molar refractivity (Wildman–Crippen MR) is 118 cm³/mol. The van der Waals surface area contributed by atoms with E-state index in [1.54, 1.807) is 7.11 Å². The largest absolute Gasteiger partial charge is 0.497 e. The Hall–Kier alpha value is -2.79. The third-order valence-electron chi connectivity index (χ3n) is 5.72. The number of benzene rings is 2. The van der Waals surface area contributed by atoms with E-state index in [0.717, 1.165) is 61.4 Å². The monoisotopic (exact) mass is 407 g/mol. The first-order chi connectivity index (χ1) is 14.7. The number of carbonyl (C=O) groups excluding carboxylic acids is 1. The SMILES string of the molecule is CCCOc1ccc2c(c1)c(C(=O)c1ccc(OC)cc1)cn2CC1CCOCC1. The fourth-order valence-electron chi connectivity index (χ4n) is 4.02. The molecule has 1 aromatic heterocycles. The zero-order valence-electron chi connectivity index (χ0n) is 17.7. The van der Waals surface area contributed by atoms with Crippen molar-refractivity contribution in [3.63, 3.8) is 0 Å². The van der Waals surface area contributed by atoms with Crippen molar-refractivity contribution in [1.82, 2.24) is 4.57 Å². The van der Waals surface area contributed by atoms with Gasteiger partial charge in [0.15, 0.2) is 5.78 Å². The third-order valence-corrected chi connectivity index (χ3v) is 5.72. The minimum Gasteiger partial charge on any atom is -0.497 e. The molecule has 158 valence electrons. The molecule has 2 heterocycles. The molecule has 0 aliphatic carbocycles. The van der Waals surface area contributed by atoms with Gasteiger partial charge in [0, 0.05) is 48.0 Å². The Bertz CT molecular complexity index is 1000. The maximum absolute atomic E-state index is 13.4. The van der Waals surface area contributed by atoms with Gasteiger partial charge in [-0.15, -0.1) is 0 Å². The zero-order valence-corrected chi connectivity index (χ0v) is 17.7. The summed E-state index contributed by atoms with van der Waals surface area (Å²) in [6.45, 7) is 5.27. The van der Waals surface area contributed by atoms with Crippen molar-refractivity contribution in [2.45, 2.75) is 32.7 Å². The number of ether oxygens (including phenoxy) is 3. The van der Waals surface area contributed by atoms with E-state index in [4.69, 9.17) is 14.2 Å². The molecule has 1 aliphatic rings. The number of hydrogen-bond acceptors (Lipinski definition) is 4. The lowest BCUT2D eigenvalue weighted by atomic mass is 10.0. The zero-order chi connectivity index (χ0) is 20.9. The van der Waals surface area contributed by atoms with Gasteiger partial charge in [-0.1, -0.05) is 6.92 Å². The lowest BCUT2D eigenvalue weighted by Crippen LogP contribution is -2.20. The molecular formula is C25H29NO4. The fraction of sp³-hybridized carbons (Fsp3) is 0.400. The van der Waals surface area contributed by atoms with Crippen molar-refractivity contribution >= 4 is 16.7 Å². The van der Waals surface area contributed by atoms with Gasteiger partial charge in [-0.25, -0.2) is 0 Å². The van der Waals surface area contributed by atoms with Crippen LogP contribution in [-0.4, -0.2) is 37.3 Å².